The Hall–Kier alpha value is -0.500. The molecule has 1 aliphatic carbocycles. The summed E-state index contributed by atoms with van der Waals surface area (Å²) in [4.78, 5) is 0.534. The zero-order chi connectivity index (χ0) is 10.7. The number of ether oxygens (including phenoxy) is 1. The van der Waals surface area contributed by atoms with Gasteiger partial charge in [0, 0.05) is 4.83 Å². The van der Waals surface area contributed by atoms with Crippen LogP contribution in [0.3, 0.4) is 0 Å². The molecule has 0 spiro atoms. The summed E-state index contributed by atoms with van der Waals surface area (Å²) in [6.07, 6.45) is 4.82. The topological polar surface area (TPSA) is 9.23 Å². The zero-order valence-corrected chi connectivity index (χ0v) is 10.7. The average molecular weight is 269 g/mol. The smallest absolute Gasteiger partial charge is 0.119 e. The first-order valence-electron chi connectivity index (χ1n) is 5.64. The molecule has 0 amide bonds. The molecule has 0 radical (unpaired) electrons. The second kappa shape index (κ2) is 5.02. The highest BCUT2D eigenvalue weighted by Crippen LogP contribution is 2.26. The summed E-state index contributed by atoms with van der Waals surface area (Å²) < 4.78 is 5.71. The molecule has 0 heterocycles. The Balaban J connectivity index is 1.92. The molecule has 1 aromatic rings. The number of hydrogen-bond donors (Lipinski definition) is 0. The van der Waals surface area contributed by atoms with Crippen LogP contribution in [0.4, 0.5) is 0 Å². The van der Waals surface area contributed by atoms with Crippen LogP contribution >= 0.6 is 15.9 Å². The Labute approximate surface area is 100.0 Å². The van der Waals surface area contributed by atoms with Crippen molar-refractivity contribution in [2.45, 2.75) is 37.4 Å². The van der Waals surface area contributed by atoms with Crippen molar-refractivity contribution in [3.05, 3.63) is 29.3 Å². The number of aryl methyl sites for hydroxylation is 2. The van der Waals surface area contributed by atoms with E-state index in [0.717, 1.165) is 18.8 Å². The Morgan fingerprint density at radius 1 is 1.33 bits per heavy atom. The van der Waals surface area contributed by atoms with E-state index in [9.17, 15) is 0 Å². The van der Waals surface area contributed by atoms with Crippen molar-refractivity contribution in [2.75, 3.05) is 6.61 Å². The van der Waals surface area contributed by atoms with Crippen LogP contribution in [0, 0.1) is 0 Å². The Morgan fingerprint density at radius 2 is 2.13 bits per heavy atom. The van der Waals surface area contributed by atoms with Crippen LogP contribution in [0.15, 0.2) is 18.2 Å². The maximum absolute atomic E-state index is 5.71. The fourth-order valence-electron chi connectivity index (χ4n) is 1.98. The van der Waals surface area contributed by atoms with E-state index in [0.29, 0.717) is 4.83 Å². The van der Waals surface area contributed by atoms with Crippen LogP contribution in [0.2, 0.25) is 0 Å². The molecule has 1 atom stereocenters. The Morgan fingerprint density at radius 3 is 2.93 bits per heavy atom. The number of fused-ring (bicyclic) bond motifs is 1. The van der Waals surface area contributed by atoms with Crippen molar-refractivity contribution in [2.24, 2.45) is 0 Å². The number of benzene rings is 1. The fraction of sp³-hybridized carbons (Fsp3) is 0.538. The number of hydrogen-bond acceptors (Lipinski definition) is 1. The predicted octanol–water partition coefficient (Wildman–Crippen LogP) is 3.73. The molecular formula is C13H17BrO. The quantitative estimate of drug-likeness (QED) is 0.757. The second-order valence-corrected chi connectivity index (χ2v) is 5.77. The minimum atomic E-state index is 0.534. The van der Waals surface area contributed by atoms with Gasteiger partial charge in [-0.3, -0.25) is 0 Å². The lowest BCUT2D eigenvalue weighted by atomic mass is 10.1. The highest BCUT2D eigenvalue weighted by molar-refractivity contribution is 9.09. The highest BCUT2D eigenvalue weighted by atomic mass is 79.9. The molecule has 0 aromatic heterocycles. The summed E-state index contributed by atoms with van der Waals surface area (Å²) in [7, 11) is 0. The Bertz CT molecular complexity index is 333. The largest absolute Gasteiger partial charge is 0.494 e. The van der Waals surface area contributed by atoms with Crippen LogP contribution in [-0.2, 0) is 12.8 Å². The lowest BCUT2D eigenvalue weighted by Gasteiger charge is -2.08. The predicted molar refractivity (Wildman–Crippen MR) is 67.0 cm³/mol. The first-order chi connectivity index (χ1) is 7.25. The lowest BCUT2D eigenvalue weighted by Crippen LogP contribution is -2.03. The van der Waals surface area contributed by atoms with E-state index in [2.05, 4.69) is 41.1 Å². The van der Waals surface area contributed by atoms with Gasteiger partial charge < -0.3 is 4.74 Å². The van der Waals surface area contributed by atoms with Gasteiger partial charge in [0.2, 0.25) is 0 Å². The van der Waals surface area contributed by atoms with Crippen molar-refractivity contribution in [1.82, 2.24) is 0 Å². The van der Waals surface area contributed by atoms with Gasteiger partial charge in [-0.25, -0.2) is 0 Å². The van der Waals surface area contributed by atoms with Crippen LogP contribution in [-0.4, -0.2) is 11.4 Å². The average Bonchev–Trinajstić information content (AvgIpc) is 2.64. The number of rotatable bonds is 4. The molecule has 1 aliphatic rings. The van der Waals surface area contributed by atoms with E-state index >= 15 is 0 Å². The number of alkyl halides is 1. The molecule has 0 fully saturated rings. The van der Waals surface area contributed by atoms with Crippen LogP contribution < -0.4 is 4.74 Å². The third kappa shape index (κ3) is 2.97. The molecule has 0 saturated carbocycles. The van der Waals surface area contributed by atoms with E-state index in [1.807, 2.05) is 0 Å². The van der Waals surface area contributed by atoms with Crippen molar-refractivity contribution in [3.8, 4) is 5.75 Å². The number of halogens is 1. The van der Waals surface area contributed by atoms with E-state index in [1.54, 1.807) is 0 Å². The zero-order valence-electron chi connectivity index (χ0n) is 9.13. The summed E-state index contributed by atoms with van der Waals surface area (Å²) in [5.41, 5.74) is 3.00. The Kier molecular flexibility index (Phi) is 3.68. The van der Waals surface area contributed by atoms with E-state index in [1.165, 1.54) is 30.4 Å². The SMILES string of the molecule is CC(Br)CCOc1ccc2c(c1)CCC2. The van der Waals surface area contributed by atoms with E-state index in [-0.39, 0.29) is 0 Å². The molecule has 1 aromatic carbocycles. The monoisotopic (exact) mass is 268 g/mol. The molecule has 82 valence electrons. The van der Waals surface area contributed by atoms with Gasteiger partial charge in [0.25, 0.3) is 0 Å². The van der Waals surface area contributed by atoms with Gasteiger partial charge in [0.1, 0.15) is 5.75 Å². The van der Waals surface area contributed by atoms with Crippen LogP contribution in [0.1, 0.15) is 30.9 Å². The van der Waals surface area contributed by atoms with Gasteiger partial charge in [-0.05, 0) is 48.9 Å². The highest BCUT2D eigenvalue weighted by Gasteiger charge is 2.10. The van der Waals surface area contributed by atoms with E-state index < -0.39 is 0 Å². The van der Waals surface area contributed by atoms with Gasteiger partial charge in [-0.15, -0.1) is 0 Å². The second-order valence-electron chi connectivity index (χ2n) is 4.20. The fourth-order valence-corrected chi connectivity index (χ4v) is 2.16. The van der Waals surface area contributed by atoms with Crippen molar-refractivity contribution in [1.29, 1.82) is 0 Å². The van der Waals surface area contributed by atoms with Crippen LogP contribution in [0.5, 0.6) is 5.75 Å². The first-order valence-corrected chi connectivity index (χ1v) is 6.56. The van der Waals surface area contributed by atoms with Crippen molar-refractivity contribution < 1.29 is 4.74 Å². The van der Waals surface area contributed by atoms with Crippen molar-refractivity contribution in [3.63, 3.8) is 0 Å². The van der Waals surface area contributed by atoms with Gasteiger partial charge in [-0.1, -0.05) is 28.9 Å². The molecule has 0 aliphatic heterocycles. The molecule has 15 heavy (non-hydrogen) atoms. The van der Waals surface area contributed by atoms with Crippen LogP contribution in [0.25, 0.3) is 0 Å². The van der Waals surface area contributed by atoms with Gasteiger partial charge in [0.05, 0.1) is 6.61 Å². The maximum atomic E-state index is 5.71. The molecule has 2 heteroatoms. The summed E-state index contributed by atoms with van der Waals surface area (Å²) in [5.74, 6) is 1.03. The third-order valence-electron chi connectivity index (χ3n) is 2.85. The summed E-state index contributed by atoms with van der Waals surface area (Å²) >= 11 is 3.52. The standard InChI is InChI=1S/C13H17BrO/c1-10(14)7-8-15-13-6-5-11-3-2-4-12(11)9-13/h5-6,9-10H,2-4,7-8H2,1H3. The molecule has 0 bridgehead atoms. The minimum Gasteiger partial charge on any atom is -0.494 e. The van der Waals surface area contributed by atoms with Gasteiger partial charge >= 0.3 is 0 Å². The molecule has 0 N–H and O–H groups in total. The molecule has 1 nitrogen and oxygen atoms in total. The lowest BCUT2D eigenvalue weighted by molar-refractivity contribution is 0.311. The maximum Gasteiger partial charge on any atom is 0.119 e. The normalized spacial score (nSPS) is 16.1. The minimum absolute atomic E-state index is 0.534. The third-order valence-corrected chi connectivity index (χ3v) is 3.31. The van der Waals surface area contributed by atoms with Gasteiger partial charge in [0.15, 0.2) is 0 Å². The molecule has 2 rings (SSSR count). The van der Waals surface area contributed by atoms with Gasteiger partial charge in [-0.2, -0.15) is 0 Å². The summed E-state index contributed by atoms with van der Waals surface area (Å²) in [6.45, 7) is 2.94. The molecular weight excluding hydrogens is 252 g/mol. The van der Waals surface area contributed by atoms with E-state index in [4.69, 9.17) is 4.74 Å². The summed E-state index contributed by atoms with van der Waals surface area (Å²) in [6, 6.07) is 6.53. The summed E-state index contributed by atoms with van der Waals surface area (Å²) in [5, 5.41) is 0. The van der Waals surface area contributed by atoms with Crippen molar-refractivity contribution >= 4 is 15.9 Å². The first kappa shape index (κ1) is 11.0. The molecule has 1 unspecified atom stereocenters. The molecule has 0 saturated heterocycles.